The zero-order valence-electron chi connectivity index (χ0n) is 21.7. The lowest BCUT2D eigenvalue weighted by Gasteiger charge is -2.37. The SMILES string of the molecule is Cc1ccc(C(=O)OCC(O)[C@@H](OC(=O)c2ccc(C)cc2)[C@](C)(C=CC#N)OCc2ccccc2)cc1. The van der Waals surface area contributed by atoms with Crippen LogP contribution in [0.2, 0.25) is 0 Å². The van der Waals surface area contributed by atoms with E-state index in [4.69, 9.17) is 14.2 Å². The summed E-state index contributed by atoms with van der Waals surface area (Å²) in [5, 5.41) is 20.4. The molecule has 0 heterocycles. The van der Waals surface area contributed by atoms with Gasteiger partial charge in [-0.1, -0.05) is 65.7 Å². The summed E-state index contributed by atoms with van der Waals surface area (Å²) >= 11 is 0. The van der Waals surface area contributed by atoms with Crippen LogP contribution in [0, 0.1) is 25.2 Å². The van der Waals surface area contributed by atoms with Crippen LogP contribution < -0.4 is 0 Å². The van der Waals surface area contributed by atoms with Crippen LogP contribution in [0.25, 0.3) is 0 Å². The molecule has 7 nitrogen and oxygen atoms in total. The highest BCUT2D eigenvalue weighted by Gasteiger charge is 2.42. The second-order valence-corrected chi connectivity index (χ2v) is 9.14. The lowest BCUT2D eigenvalue weighted by atomic mass is 9.93. The van der Waals surface area contributed by atoms with Gasteiger partial charge < -0.3 is 19.3 Å². The second-order valence-electron chi connectivity index (χ2n) is 9.14. The smallest absolute Gasteiger partial charge is 0.338 e. The molecule has 0 amide bonds. The molecule has 3 aromatic carbocycles. The molecular formula is C31H31NO6. The number of ether oxygens (including phenoxy) is 3. The summed E-state index contributed by atoms with van der Waals surface area (Å²) in [7, 11) is 0. The van der Waals surface area contributed by atoms with Gasteiger partial charge in [0.05, 0.1) is 23.8 Å². The molecule has 38 heavy (non-hydrogen) atoms. The van der Waals surface area contributed by atoms with Crippen molar-refractivity contribution in [1.82, 2.24) is 0 Å². The molecule has 0 aliphatic heterocycles. The number of aliphatic hydroxyl groups is 1. The van der Waals surface area contributed by atoms with Crippen LogP contribution in [0.3, 0.4) is 0 Å². The lowest BCUT2D eigenvalue weighted by molar-refractivity contribution is -0.143. The number of rotatable bonds is 11. The number of aliphatic hydroxyl groups excluding tert-OH is 1. The van der Waals surface area contributed by atoms with E-state index in [1.165, 1.54) is 12.2 Å². The first kappa shape index (κ1) is 28.3. The molecule has 0 spiro atoms. The molecule has 0 bridgehead atoms. The second kappa shape index (κ2) is 13.3. The Labute approximate surface area is 222 Å². The molecule has 3 aromatic rings. The highest BCUT2D eigenvalue weighted by Crippen LogP contribution is 2.27. The monoisotopic (exact) mass is 513 g/mol. The molecule has 1 unspecified atom stereocenters. The van der Waals surface area contributed by atoms with Crippen LogP contribution in [0.4, 0.5) is 0 Å². The van der Waals surface area contributed by atoms with Gasteiger partial charge in [-0.2, -0.15) is 5.26 Å². The zero-order valence-corrected chi connectivity index (χ0v) is 21.7. The van der Waals surface area contributed by atoms with Crippen molar-refractivity contribution in [3.05, 3.63) is 119 Å². The van der Waals surface area contributed by atoms with Gasteiger partial charge >= 0.3 is 11.9 Å². The molecule has 0 saturated carbocycles. The van der Waals surface area contributed by atoms with E-state index in [0.717, 1.165) is 16.7 Å². The van der Waals surface area contributed by atoms with Crippen molar-refractivity contribution >= 4 is 11.9 Å². The minimum atomic E-state index is -1.47. The topological polar surface area (TPSA) is 106 Å². The summed E-state index contributed by atoms with van der Waals surface area (Å²) in [6.45, 7) is 5.04. The minimum absolute atomic E-state index is 0.113. The van der Waals surface area contributed by atoms with Crippen molar-refractivity contribution in [3.63, 3.8) is 0 Å². The van der Waals surface area contributed by atoms with Crippen LogP contribution in [0.5, 0.6) is 0 Å². The van der Waals surface area contributed by atoms with Gasteiger partial charge in [0, 0.05) is 6.08 Å². The number of nitrogens with zero attached hydrogens (tertiary/aromatic N) is 1. The molecule has 3 rings (SSSR count). The maximum absolute atomic E-state index is 13.1. The predicted octanol–water partition coefficient (Wildman–Crippen LogP) is 5.10. The Morgan fingerprint density at radius 3 is 2.03 bits per heavy atom. The van der Waals surface area contributed by atoms with E-state index >= 15 is 0 Å². The number of hydrogen-bond acceptors (Lipinski definition) is 7. The molecule has 1 N–H and O–H groups in total. The maximum atomic E-state index is 13.1. The van der Waals surface area contributed by atoms with E-state index in [-0.39, 0.29) is 12.2 Å². The van der Waals surface area contributed by atoms with Crippen molar-refractivity contribution in [2.45, 2.75) is 45.2 Å². The van der Waals surface area contributed by atoms with Crippen molar-refractivity contribution < 1.29 is 28.9 Å². The first-order valence-corrected chi connectivity index (χ1v) is 12.2. The normalized spacial score (nSPS) is 14.2. The summed E-state index contributed by atoms with van der Waals surface area (Å²) in [6.07, 6.45) is -0.171. The summed E-state index contributed by atoms with van der Waals surface area (Å²) in [5.74, 6) is -1.33. The van der Waals surface area contributed by atoms with E-state index < -0.39 is 36.4 Å². The fourth-order valence-corrected chi connectivity index (χ4v) is 3.71. The van der Waals surface area contributed by atoms with Gasteiger partial charge in [0.15, 0.2) is 6.10 Å². The minimum Gasteiger partial charge on any atom is -0.459 e. The van der Waals surface area contributed by atoms with Crippen LogP contribution in [-0.4, -0.2) is 41.5 Å². The van der Waals surface area contributed by atoms with Gasteiger partial charge in [-0.05, 0) is 56.7 Å². The quantitative estimate of drug-likeness (QED) is 0.281. The van der Waals surface area contributed by atoms with Crippen LogP contribution in [0.15, 0.2) is 91.0 Å². The first-order valence-electron chi connectivity index (χ1n) is 12.2. The lowest BCUT2D eigenvalue weighted by Crippen LogP contribution is -2.52. The Balaban J connectivity index is 1.86. The van der Waals surface area contributed by atoms with Crippen LogP contribution in [-0.2, 0) is 20.8 Å². The van der Waals surface area contributed by atoms with Crippen molar-refractivity contribution in [2.24, 2.45) is 0 Å². The predicted molar refractivity (Wildman–Crippen MR) is 142 cm³/mol. The van der Waals surface area contributed by atoms with Gasteiger partial charge in [0.1, 0.15) is 18.3 Å². The van der Waals surface area contributed by atoms with E-state index in [0.29, 0.717) is 5.56 Å². The summed E-state index contributed by atoms with van der Waals surface area (Å²) in [5.41, 5.74) is 1.95. The van der Waals surface area contributed by atoms with Gasteiger partial charge in [0.25, 0.3) is 0 Å². The Morgan fingerprint density at radius 1 is 0.921 bits per heavy atom. The molecule has 0 aliphatic rings. The number of aryl methyl sites for hydroxylation is 2. The Hall–Kier alpha value is -4.25. The fraction of sp³-hybridized carbons (Fsp3) is 0.258. The largest absolute Gasteiger partial charge is 0.459 e. The molecule has 0 radical (unpaired) electrons. The third kappa shape index (κ3) is 7.87. The van der Waals surface area contributed by atoms with Crippen molar-refractivity contribution in [2.75, 3.05) is 6.61 Å². The Bertz CT molecular complexity index is 1280. The number of hydrogen-bond donors (Lipinski definition) is 1. The summed E-state index contributed by atoms with van der Waals surface area (Å²) in [6, 6.07) is 24.8. The van der Waals surface area contributed by atoms with Crippen molar-refractivity contribution in [1.29, 1.82) is 5.26 Å². The average Bonchev–Trinajstić information content (AvgIpc) is 2.93. The van der Waals surface area contributed by atoms with E-state index in [2.05, 4.69) is 0 Å². The molecule has 3 atom stereocenters. The number of allylic oxidation sites excluding steroid dienone is 1. The molecular weight excluding hydrogens is 482 g/mol. The fourth-order valence-electron chi connectivity index (χ4n) is 3.71. The van der Waals surface area contributed by atoms with Gasteiger partial charge in [-0.25, -0.2) is 9.59 Å². The third-order valence-corrected chi connectivity index (χ3v) is 5.99. The summed E-state index contributed by atoms with van der Waals surface area (Å²) in [4.78, 5) is 25.6. The molecule has 0 aliphatic carbocycles. The van der Waals surface area contributed by atoms with Crippen LogP contribution >= 0.6 is 0 Å². The first-order chi connectivity index (χ1) is 18.2. The number of nitriles is 1. The average molecular weight is 514 g/mol. The molecule has 0 saturated heterocycles. The molecule has 0 fully saturated rings. The zero-order chi connectivity index (χ0) is 27.5. The maximum Gasteiger partial charge on any atom is 0.338 e. The van der Waals surface area contributed by atoms with Gasteiger partial charge in [0.2, 0.25) is 0 Å². The van der Waals surface area contributed by atoms with E-state index in [1.54, 1.807) is 55.5 Å². The standard InChI is InChI=1S/C31H31NO6/c1-22-10-14-25(15-11-22)29(34)36-21-27(33)28(38-30(35)26-16-12-23(2)13-17-26)31(3,18-7-19-32)37-20-24-8-5-4-6-9-24/h4-18,27-28,33H,20-21H2,1-3H3/t27?,28-,31+/m1/s1. The van der Waals surface area contributed by atoms with Crippen LogP contribution in [0.1, 0.15) is 44.3 Å². The summed E-state index contributed by atoms with van der Waals surface area (Å²) < 4.78 is 17.3. The molecule has 196 valence electrons. The Morgan fingerprint density at radius 2 is 1.47 bits per heavy atom. The Kier molecular flexibility index (Phi) is 9.94. The molecule has 0 aromatic heterocycles. The number of carbonyl (C=O) groups excluding carboxylic acids is 2. The molecule has 7 heteroatoms. The highest BCUT2D eigenvalue weighted by atomic mass is 16.6. The van der Waals surface area contributed by atoms with Gasteiger partial charge in [-0.15, -0.1) is 0 Å². The number of esters is 2. The number of carbonyl (C=O) groups is 2. The van der Waals surface area contributed by atoms with E-state index in [1.807, 2.05) is 50.2 Å². The number of benzene rings is 3. The third-order valence-electron chi connectivity index (χ3n) is 5.99. The van der Waals surface area contributed by atoms with Crippen molar-refractivity contribution in [3.8, 4) is 6.07 Å². The highest BCUT2D eigenvalue weighted by molar-refractivity contribution is 5.90. The van der Waals surface area contributed by atoms with Gasteiger partial charge in [-0.3, -0.25) is 0 Å². The van der Waals surface area contributed by atoms with E-state index in [9.17, 15) is 20.0 Å².